The van der Waals surface area contributed by atoms with E-state index in [1.807, 2.05) is 32.2 Å². The van der Waals surface area contributed by atoms with Crippen molar-refractivity contribution in [2.75, 3.05) is 31.7 Å². The van der Waals surface area contributed by atoms with Crippen LogP contribution in [0.5, 0.6) is 0 Å². The number of nitrogens with one attached hydrogen (secondary N) is 1. The highest BCUT2D eigenvalue weighted by atomic mass is 16.6. The van der Waals surface area contributed by atoms with Crippen LogP contribution < -0.4 is 11.1 Å². The summed E-state index contributed by atoms with van der Waals surface area (Å²) in [6.45, 7) is 0.510. The number of likely N-dealkylation sites (N-methyl/N-ethyl adjacent to an activating group) is 1. The average Bonchev–Trinajstić information content (AvgIpc) is 2.84. The topological polar surface area (TPSA) is 128 Å². The van der Waals surface area contributed by atoms with E-state index in [9.17, 15) is 10.1 Å². The van der Waals surface area contributed by atoms with Crippen molar-refractivity contribution in [3.05, 3.63) is 34.3 Å². The minimum atomic E-state index is -0.614. The van der Waals surface area contributed by atoms with Gasteiger partial charge in [0.2, 0.25) is 11.8 Å². The van der Waals surface area contributed by atoms with Gasteiger partial charge in [-0.25, -0.2) is 4.98 Å². The number of rotatable bonds is 6. The number of hydrogen-bond acceptors (Lipinski definition) is 8. The Labute approximate surface area is 127 Å². The predicted octanol–water partition coefficient (Wildman–Crippen LogP) is 0.415. The Bertz CT molecular complexity index is 669. The molecule has 0 spiro atoms. The van der Waals surface area contributed by atoms with Gasteiger partial charge in [0.25, 0.3) is 0 Å². The fourth-order valence-electron chi connectivity index (χ4n) is 2.01. The maximum Gasteiger partial charge on any atom is 0.329 e. The predicted molar refractivity (Wildman–Crippen MR) is 81.2 cm³/mol. The van der Waals surface area contributed by atoms with Gasteiger partial charge >= 0.3 is 5.69 Å². The summed E-state index contributed by atoms with van der Waals surface area (Å²) < 4.78 is 1.73. The Morgan fingerprint density at radius 2 is 2.23 bits per heavy atom. The van der Waals surface area contributed by atoms with Gasteiger partial charge < -0.3 is 16.0 Å². The largest absolute Gasteiger partial charge is 0.378 e. The summed E-state index contributed by atoms with van der Waals surface area (Å²) in [5, 5.41) is 17.9. The second-order valence-electron chi connectivity index (χ2n) is 5.03. The van der Waals surface area contributed by atoms with Crippen molar-refractivity contribution in [2.24, 2.45) is 7.05 Å². The highest BCUT2D eigenvalue weighted by Gasteiger charge is 2.18. The van der Waals surface area contributed by atoms with Crippen LogP contribution in [0.4, 0.5) is 17.5 Å². The average molecular weight is 306 g/mol. The minimum absolute atomic E-state index is 0.0497. The molecule has 2 aromatic rings. The monoisotopic (exact) mass is 306 g/mol. The summed E-state index contributed by atoms with van der Waals surface area (Å²) in [5.41, 5.74) is 6.28. The lowest BCUT2D eigenvalue weighted by molar-refractivity contribution is -0.384. The summed E-state index contributed by atoms with van der Waals surface area (Å²) in [4.78, 5) is 19.9. The number of nitro groups is 1. The highest BCUT2D eigenvalue weighted by molar-refractivity contribution is 5.53. The van der Waals surface area contributed by atoms with E-state index in [0.29, 0.717) is 6.54 Å². The lowest BCUT2D eigenvalue weighted by Crippen LogP contribution is -2.27. The molecular weight excluding hydrogens is 288 g/mol. The molecule has 0 radical (unpaired) electrons. The Kier molecular flexibility index (Phi) is 4.51. The van der Waals surface area contributed by atoms with Gasteiger partial charge in [0.1, 0.15) is 6.20 Å². The SMILES string of the molecule is CN(C)C(CNc1ncc([N+](=O)[O-])c(N)n1)c1cnn(C)c1. The van der Waals surface area contributed by atoms with E-state index in [4.69, 9.17) is 5.73 Å². The van der Waals surface area contributed by atoms with Crippen LogP contribution in [0.2, 0.25) is 0 Å². The number of aryl methyl sites for hydroxylation is 1. The van der Waals surface area contributed by atoms with Gasteiger partial charge in [0.15, 0.2) is 0 Å². The molecule has 10 heteroatoms. The summed E-state index contributed by atoms with van der Waals surface area (Å²) in [5.74, 6) is 0.0871. The smallest absolute Gasteiger partial charge is 0.329 e. The van der Waals surface area contributed by atoms with Gasteiger partial charge in [0.05, 0.1) is 17.2 Å². The van der Waals surface area contributed by atoms with E-state index >= 15 is 0 Å². The van der Waals surface area contributed by atoms with Crippen molar-refractivity contribution in [1.29, 1.82) is 0 Å². The zero-order valence-electron chi connectivity index (χ0n) is 12.6. The van der Waals surface area contributed by atoms with Crippen molar-refractivity contribution in [1.82, 2.24) is 24.6 Å². The van der Waals surface area contributed by atoms with Gasteiger partial charge in [0, 0.05) is 25.4 Å². The summed E-state index contributed by atoms with van der Waals surface area (Å²) >= 11 is 0. The molecule has 1 atom stereocenters. The number of anilines is 2. The molecule has 0 amide bonds. The van der Waals surface area contributed by atoms with E-state index < -0.39 is 4.92 Å². The second kappa shape index (κ2) is 6.35. The fraction of sp³-hybridized carbons (Fsp3) is 0.417. The van der Waals surface area contributed by atoms with E-state index in [1.54, 1.807) is 10.9 Å². The molecule has 0 bridgehead atoms. The molecule has 2 heterocycles. The Morgan fingerprint density at radius 3 is 2.73 bits per heavy atom. The summed E-state index contributed by atoms with van der Waals surface area (Å²) in [6, 6.07) is 0.0497. The molecule has 118 valence electrons. The first-order chi connectivity index (χ1) is 10.4. The fourth-order valence-corrected chi connectivity index (χ4v) is 2.01. The normalized spacial score (nSPS) is 12.4. The first-order valence-corrected chi connectivity index (χ1v) is 6.54. The Hall–Kier alpha value is -2.75. The molecule has 0 aliphatic carbocycles. The number of aromatic nitrogens is 4. The molecule has 10 nitrogen and oxygen atoms in total. The molecule has 0 saturated heterocycles. The van der Waals surface area contributed by atoms with E-state index in [2.05, 4.69) is 20.4 Å². The van der Waals surface area contributed by atoms with Crippen LogP contribution in [0.3, 0.4) is 0 Å². The maximum atomic E-state index is 10.7. The van der Waals surface area contributed by atoms with Crippen LogP contribution in [0.25, 0.3) is 0 Å². The van der Waals surface area contributed by atoms with E-state index in [0.717, 1.165) is 11.8 Å². The van der Waals surface area contributed by atoms with Gasteiger partial charge in [-0.15, -0.1) is 0 Å². The van der Waals surface area contributed by atoms with Gasteiger partial charge in [-0.05, 0) is 14.1 Å². The minimum Gasteiger partial charge on any atom is -0.378 e. The number of nitrogen functional groups attached to an aromatic ring is 1. The molecule has 2 aromatic heterocycles. The van der Waals surface area contributed by atoms with Crippen molar-refractivity contribution < 1.29 is 4.92 Å². The Morgan fingerprint density at radius 1 is 1.50 bits per heavy atom. The van der Waals surface area contributed by atoms with Crippen molar-refractivity contribution in [3.8, 4) is 0 Å². The highest BCUT2D eigenvalue weighted by Crippen LogP contribution is 2.20. The molecule has 2 rings (SSSR count). The van der Waals surface area contributed by atoms with Gasteiger partial charge in [-0.2, -0.15) is 10.1 Å². The van der Waals surface area contributed by atoms with Crippen molar-refractivity contribution >= 4 is 17.5 Å². The molecular formula is C12H18N8O2. The summed E-state index contributed by atoms with van der Waals surface area (Å²) in [6.07, 6.45) is 4.81. The third-order valence-corrected chi connectivity index (χ3v) is 3.18. The number of hydrogen-bond donors (Lipinski definition) is 2. The van der Waals surface area contributed by atoms with Crippen LogP contribution in [-0.4, -0.2) is 50.2 Å². The van der Waals surface area contributed by atoms with Crippen molar-refractivity contribution in [3.63, 3.8) is 0 Å². The zero-order valence-corrected chi connectivity index (χ0v) is 12.6. The molecule has 0 fully saturated rings. The van der Waals surface area contributed by atoms with Crippen LogP contribution in [0.15, 0.2) is 18.6 Å². The van der Waals surface area contributed by atoms with E-state index in [1.165, 1.54) is 0 Å². The van der Waals surface area contributed by atoms with Gasteiger partial charge in [-0.1, -0.05) is 0 Å². The molecule has 1 unspecified atom stereocenters. The first-order valence-electron chi connectivity index (χ1n) is 6.54. The maximum absolute atomic E-state index is 10.7. The third kappa shape index (κ3) is 3.47. The summed E-state index contributed by atoms with van der Waals surface area (Å²) in [7, 11) is 5.75. The van der Waals surface area contributed by atoms with Crippen LogP contribution in [0.1, 0.15) is 11.6 Å². The lowest BCUT2D eigenvalue weighted by atomic mass is 10.1. The zero-order chi connectivity index (χ0) is 16.3. The number of nitrogens with zero attached hydrogens (tertiary/aromatic N) is 6. The molecule has 0 aromatic carbocycles. The standard InChI is InChI=1S/C12H18N8O2/c1-18(2)9(8-4-16-19(3)7-8)5-14-12-15-6-10(20(21)22)11(13)17-12/h4,6-7,9H,5H2,1-3H3,(H3,13,14,15,17). The molecule has 22 heavy (non-hydrogen) atoms. The molecule has 0 saturated carbocycles. The van der Waals surface area contributed by atoms with Crippen LogP contribution >= 0.6 is 0 Å². The molecule has 0 aliphatic heterocycles. The lowest BCUT2D eigenvalue weighted by Gasteiger charge is -2.23. The van der Waals surface area contributed by atoms with Crippen LogP contribution in [-0.2, 0) is 7.05 Å². The molecule has 0 aliphatic rings. The van der Waals surface area contributed by atoms with Crippen LogP contribution in [0, 0.1) is 10.1 Å². The first kappa shape index (κ1) is 15.6. The second-order valence-corrected chi connectivity index (χ2v) is 5.03. The Balaban J connectivity index is 2.10. The van der Waals surface area contributed by atoms with Crippen molar-refractivity contribution in [2.45, 2.75) is 6.04 Å². The molecule has 3 N–H and O–H groups in total. The quantitative estimate of drug-likeness (QED) is 0.580. The van der Waals surface area contributed by atoms with Gasteiger partial charge in [-0.3, -0.25) is 14.8 Å². The number of nitrogens with two attached hydrogens (primary N) is 1. The van der Waals surface area contributed by atoms with E-state index in [-0.39, 0.29) is 23.5 Å². The third-order valence-electron chi connectivity index (χ3n) is 3.18.